The van der Waals surface area contributed by atoms with Crippen molar-refractivity contribution in [1.29, 1.82) is 0 Å². The summed E-state index contributed by atoms with van der Waals surface area (Å²) >= 11 is 0. The van der Waals surface area contributed by atoms with E-state index in [1.165, 1.54) is 50.5 Å². The lowest BCUT2D eigenvalue weighted by molar-refractivity contribution is -0.114. The van der Waals surface area contributed by atoms with E-state index in [0.717, 1.165) is 26.3 Å². The molecule has 12 heteroatoms. The van der Waals surface area contributed by atoms with Crippen LogP contribution in [0.5, 0.6) is 0 Å². The maximum Gasteiger partial charge on any atom is 0.304 e. The Morgan fingerprint density at radius 3 is 2.03 bits per heavy atom. The van der Waals surface area contributed by atoms with Crippen LogP contribution in [0.4, 0.5) is 21.5 Å². The molecule has 9 nitrogen and oxygen atoms in total. The van der Waals surface area contributed by atoms with Gasteiger partial charge in [-0.2, -0.15) is 12.7 Å². The minimum atomic E-state index is -3.98. The number of nitrogens with zero attached hydrogens (tertiary/aromatic N) is 2. The first-order valence-electron chi connectivity index (χ1n) is 10.8. The van der Waals surface area contributed by atoms with Crippen molar-refractivity contribution in [2.75, 3.05) is 35.0 Å². The lowest BCUT2D eigenvalue weighted by atomic mass is 10.1. The summed E-state index contributed by atoms with van der Waals surface area (Å²) in [6.07, 6.45) is 0. The molecule has 0 aliphatic rings. The van der Waals surface area contributed by atoms with Crippen LogP contribution in [0.1, 0.15) is 11.1 Å². The monoisotopic (exact) mass is 534 g/mol. The van der Waals surface area contributed by atoms with Gasteiger partial charge in [-0.1, -0.05) is 12.1 Å². The fraction of sp³-hybridized carbons (Fsp3) is 0.208. The van der Waals surface area contributed by atoms with Gasteiger partial charge in [-0.3, -0.25) is 9.52 Å². The zero-order valence-electron chi connectivity index (χ0n) is 20.2. The van der Waals surface area contributed by atoms with Crippen LogP contribution in [0.3, 0.4) is 0 Å². The molecule has 0 heterocycles. The molecule has 0 unspecified atom stereocenters. The number of aryl methyl sites for hydroxylation is 2. The van der Waals surface area contributed by atoms with Gasteiger partial charge in [0.2, 0.25) is 5.91 Å². The van der Waals surface area contributed by atoms with Gasteiger partial charge >= 0.3 is 10.2 Å². The second kappa shape index (κ2) is 10.6. The van der Waals surface area contributed by atoms with Gasteiger partial charge in [-0.15, -0.1) is 0 Å². The highest BCUT2D eigenvalue weighted by atomic mass is 32.2. The fourth-order valence-electron chi connectivity index (χ4n) is 3.26. The molecule has 0 atom stereocenters. The van der Waals surface area contributed by atoms with Crippen molar-refractivity contribution in [2.24, 2.45) is 0 Å². The number of carbonyl (C=O) groups is 1. The molecule has 0 bridgehead atoms. The Morgan fingerprint density at radius 1 is 0.861 bits per heavy atom. The van der Waals surface area contributed by atoms with E-state index in [-0.39, 0.29) is 16.3 Å². The van der Waals surface area contributed by atoms with Crippen LogP contribution >= 0.6 is 0 Å². The first kappa shape index (κ1) is 27.1. The molecule has 0 fully saturated rings. The third kappa shape index (κ3) is 6.39. The third-order valence-electron chi connectivity index (χ3n) is 5.21. The molecule has 3 rings (SSSR count). The van der Waals surface area contributed by atoms with Gasteiger partial charge in [-0.05, 0) is 79.6 Å². The van der Waals surface area contributed by atoms with Crippen molar-refractivity contribution in [3.05, 3.63) is 83.7 Å². The molecule has 36 heavy (non-hydrogen) atoms. The van der Waals surface area contributed by atoms with Gasteiger partial charge in [0.05, 0.1) is 10.6 Å². The van der Waals surface area contributed by atoms with Crippen molar-refractivity contribution in [3.8, 4) is 0 Å². The van der Waals surface area contributed by atoms with Gasteiger partial charge in [0.25, 0.3) is 10.0 Å². The highest BCUT2D eigenvalue weighted by molar-refractivity contribution is 7.92. The predicted molar refractivity (Wildman–Crippen MR) is 138 cm³/mol. The number of nitrogens with one attached hydrogen (secondary N) is 2. The Bertz CT molecular complexity index is 1460. The van der Waals surface area contributed by atoms with E-state index < -0.39 is 38.5 Å². The molecule has 0 spiro atoms. The van der Waals surface area contributed by atoms with E-state index in [4.69, 9.17) is 0 Å². The molecule has 0 saturated carbocycles. The number of rotatable bonds is 9. The first-order chi connectivity index (χ1) is 16.8. The molecular weight excluding hydrogens is 507 g/mol. The highest BCUT2D eigenvalue weighted by Crippen LogP contribution is 2.25. The maximum atomic E-state index is 13.1. The minimum Gasteiger partial charge on any atom is -0.325 e. The van der Waals surface area contributed by atoms with Gasteiger partial charge in [0, 0.05) is 25.5 Å². The van der Waals surface area contributed by atoms with E-state index in [1.807, 2.05) is 13.0 Å². The van der Waals surface area contributed by atoms with Crippen LogP contribution in [0.15, 0.2) is 71.6 Å². The molecule has 0 aliphatic carbocycles. The Labute approximate surface area is 210 Å². The Balaban J connectivity index is 1.77. The average molecular weight is 535 g/mol. The van der Waals surface area contributed by atoms with Crippen molar-refractivity contribution >= 4 is 43.2 Å². The molecule has 0 saturated heterocycles. The van der Waals surface area contributed by atoms with Gasteiger partial charge in [0.1, 0.15) is 12.4 Å². The molecule has 0 aromatic heterocycles. The van der Waals surface area contributed by atoms with Crippen LogP contribution in [-0.4, -0.2) is 47.7 Å². The molecule has 3 aromatic carbocycles. The van der Waals surface area contributed by atoms with E-state index in [0.29, 0.717) is 11.3 Å². The summed E-state index contributed by atoms with van der Waals surface area (Å²) < 4.78 is 68.6. The topological polar surface area (TPSA) is 116 Å². The average Bonchev–Trinajstić information content (AvgIpc) is 2.81. The van der Waals surface area contributed by atoms with Gasteiger partial charge < -0.3 is 5.32 Å². The molecule has 0 aliphatic heterocycles. The number of hydrogen-bond acceptors (Lipinski definition) is 5. The molecule has 1 amide bonds. The first-order valence-corrected chi connectivity index (χ1v) is 13.6. The number of hydrogen-bond donors (Lipinski definition) is 2. The third-order valence-corrected chi connectivity index (χ3v) is 8.41. The molecule has 2 N–H and O–H groups in total. The number of carbonyl (C=O) groups excluding carboxylic acids is 1. The van der Waals surface area contributed by atoms with E-state index in [2.05, 4.69) is 10.0 Å². The standard InChI is InChI=1S/C24H27FN4O5S2/c1-17-5-6-18(2)23(15-17)29(36(33,34)28(3)4)16-24(30)26-20-11-13-22(14-12-20)35(31,32)27-21-9-7-19(25)8-10-21/h5-15,27H,16H2,1-4H3,(H,26,30). The van der Waals surface area contributed by atoms with Crippen LogP contribution in [-0.2, 0) is 25.0 Å². The van der Waals surface area contributed by atoms with Crippen LogP contribution in [0, 0.1) is 19.7 Å². The van der Waals surface area contributed by atoms with E-state index >= 15 is 0 Å². The SMILES string of the molecule is Cc1ccc(C)c(N(CC(=O)Nc2ccc(S(=O)(=O)Nc3ccc(F)cc3)cc2)S(=O)(=O)N(C)C)c1. The molecule has 3 aromatic rings. The van der Waals surface area contributed by atoms with Crippen molar-refractivity contribution in [3.63, 3.8) is 0 Å². The number of halogens is 1. The lowest BCUT2D eigenvalue weighted by Crippen LogP contribution is -2.44. The summed E-state index contributed by atoms with van der Waals surface area (Å²) in [5.74, 6) is -1.10. The minimum absolute atomic E-state index is 0.0722. The summed E-state index contributed by atoms with van der Waals surface area (Å²) in [4.78, 5) is 12.7. The fourth-order valence-corrected chi connectivity index (χ4v) is 5.44. The number of benzene rings is 3. The van der Waals surface area contributed by atoms with Gasteiger partial charge in [0.15, 0.2) is 0 Å². The Hall–Kier alpha value is -3.48. The summed E-state index contributed by atoms with van der Waals surface area (Å²) in [6.45, 7) is 3.09. The van der Waals surface area contributed by atoms with Crippen molar-refractivity contribution in [1.82, 2.24) is 4.31 Å². The predicted octanol–water partition coefficient (Wildman–Crippen LogP) is 3.49. The second-order valence-electron chi connectivity index (χ2n) is 8.27. The zero-order chi connectivity index (χ0) is 26.7. The van der Waals surface area contributed by atoms with Gasteiger partial charge in [-0.25, -0.2) is 17.1 Å². The van der Waals surface area contributed by atoms with Crippen LogP contribution in [0.25, 0.3) is 0 Å². The molecular formula is C24H27FN4O5S2. The summed E-state index contributed by atoms with van der Waals surface area (Å²) in [5.41, 5.74) is 2.38. The second-order valence-corrected chi connectivity index (χ2v) is 12.0. The van der Waals surface area contributed by atoms with Crippen molar-refractivity contribution in [2.45, 2.75) is 18.7 Å². The highest BCUT2D eigenvalue weighted by Gasteiger charge is 2.28. The van der Waals surface area contributed by atoms with Crippen molar-refractivity contribution < 1.29 is 26.0 Å². The van der Waals surface area contributed by atoms with E-state index in [1.54, 1.807) is 19.1 Å². The summed E-state index contributed by atoms with van der Waals surface area (Å²) in [6, 6.07) is 15.5. The summed E-state index contributed by atoms with van der Waals surface area (Å²) in [7, 11) is -5.17. The zero-order valence-corrected chi connectivity index (χ0v) is 21.8. The van der Waals surface area contributed by atoms with Crippen LogP contribution in [0.2, 0.25) is 0 Å². The Morgan fingerprint density at radius 2 is 1.44 bits per heavy atom. The quantitative estimate of drug-likeness (QED) is 0.436. The number of anilines is 3. The molecule has 0 radical (unpaired) electrons. The summed E-state index contributed by atoms with van der Waals surface area (Å²) in [5, 5.41) is 2.60. The molecule has 192 valence electrons. The smallest absolute Gasteiger partial charge is 0.304 e. The maximum absolute atomic E-state index is 13.1. The van der Waals surface area contributed by atoms with Crippen LogP contribution < -0.4 is 14.3 Å². The normalized spacial score (nSPS) is 11.8. The number of sulfonamides is 1. The largest absolute Gasteiger partial charge is 0.325 e. The number of amides is 1. The lowest BCUT2D eigenvalue weighted by Gasteiger charge is -2.28. The van der Waals surface area contributed by atoms with E-state index in [9.17, 15) is 26.0 Å². The Kier molecular flexibility index (Phi) is 8.02.